The zero-order valence-electron chi connectivity index (χ0n) is 11.5. The Balaban J connectivity index is 2.05. The number of aromatic carboxylic acids is 1. The molecule has 0 aliphatic heterocycles. The maximum Gasteiger partial charge on any atom is 0.335 e. The molecule has 1 N–H and O–H groups in total. The molecule has 0 aliphatic rings. The van der Waals surface area contributed by atoms with Gasteiger partial charge in [0, 0.05) is 5.56 Å². The molecule has 4 nitrogen and oxygen atoms in total. The second kappa shape index (κ2) is 6.74. The van der Waals surface area contributed by atoms with Crippen molar-refractivity contribution in [2.45, 2.75) is 13.5 Å². The van der Waals surface area contributed by atoms with Crippen LogP contribution in [-0.4, -0.2) is 17.7 Å². The van der Waals surface area contributed by atoms with Crippen molar-refractivity contribution >= 4 is 5.97 Å². The molecule has 0 aromatic heterocycles. The van der Waals surface area contributed by atoms with Crippen molar-refractivity contribution in [3.05, 3.63) is 59.4 Å². The van der Waals surface area contributed by atoms with E-state index in [1.807, 2.05) is 6.92 Å². The number of ether oxygens (including phenoxy) is 2. The average molecular weight is 290 g/mol. The highest BCUT2D eigenvalue weighted by Crippen LogP contribution is 2.19. The molecule has 2 rings (SSSR count). The molecule has 21 heavy (non-hydrogen) atoms. The van der Waals surface area contributed by atoms with Crippen LogP contribution in [0.15, 0.2) is 42.5 Å². The van der Waals surface area contributed by atoms with Gasteiger partial charge in [-0.2, -0.15) is 0 Å². The summed E-state index contributed by atoms with van der Waals surface area (Å²) in [5.74, 6) is -0.314. The first-order valence-corrected chi connectivity index (χ1v) is 6.47. The maximum absolute atomic E-state index is 13.6. The van der Waals surface area contributed by atoms with Crippen molar-refractivity contribution in [3.63, 3.8) is 0 Å². The van der Waals surface area contributed by atoms with Crippen molar-refractivity contribution in [1.82, 2.24) is 0 Å². The van der Waals surface area contributed by atoms with Crippen molar-refractivity contribution < 1.29 is 23.8 Å². The minimum Gasteiger partial charge on any atom is -0.494 e. The molecule has 0 spiro atoms. The van der Waals surface area contributed by atoms with Gasteiger partial charge in [0.1, 0.15) is 23.9 Å². The number of rotatable bonds is 6. The molecule has 0 saturated heterocycles. The van der Waals surface area contributed by atoms with E-state index < -0.39 is 11.8 Å². The highest BCUT2D eigenvalue weighted by molar-refractivity contribution is 5.87. The number of benzene rings is 2. The van der Waals surface area contributed by atoms with Gasteiger partial charge in [-0.15, -0.1) is 0 Å². The molecule has 0 fully saturated rings. The van der Waals surface area contributed by atoms with Gasteiger partial charge in [-0.3, -0.25) is 0 Å². The summed E-state index contributed by atoms with van der Waals surface area (Å²) in [6, 6.07) is 10.5. The first-order valence-electron chi connectivity index (χ1n) is 6.47. The Bertz CT molecular complexity index is 623. The summed E-state index contributed by atoms with van der Waals surface area (Å²) in [6.45, 7) is 2.43. The van der Waals surface area contributed by atoms with E-state index >= 15 is 0 Å². The Hall–Kier alpha value is -2.56. The molecule has 0 radical (unpaired) electrons. The smallest absolute Gasteiger partial charge is 0.335 e. The minimum absolute atomic E-state index is 0.0293. The topological polar surface area (TPSA) is 55.8 Å². The molecule has 0 heterocycles. The average Bonchev–Trinajstić information content (AvgIpc) is 2.48. The lowest BCUT2D eigenvalue weighted by molar-refractivity contribution is 0.0696. The fraction of sp³-hybridized carbons (Fsp3) is 0.188. The van der Waals surface area contributed by atoms with Crippen LogP contribution in [0.4, 0.5) is 4.39 Å². The van der Waals surface area contributed by atoms with Crippen molar-refractivity contribution in [1.29, 1.82) is 0 Å². The van der Waals surface area contributed by atoms with Gasteiger partial charge < -0.3 is 14.6 Å². The van der Waals surface area contributed by atoms with Crippen molar-refractivity contribution in [2.75, 3.05) is 6.61 Å². The van der Waals surface area contributed by atoms with Crippen molar-refractivity contribution in [3.8, 4) is 11.5 Å². The third kappa shape index (κ3) is 3.95. The zero-order chi connectivity index (χ0) is 15.2. The highest BCUT2D eigenvalue weighted by atomic mass is 19.1. The van der Waals surface area contributed by atoms with Crippen molar-refractivity contribution in [2.24, 2.45) is 0 Å². The van der Waals surface area contributed by atoms with Crippen LogP contribution in [-0.2, 0) is 6.61 Å². The fourth-order valence-corrected chi connectivity index (χ4v) is 1.78. The van der Waals surface area contributed by atoms with E-state index in [0.717, 1.165) is 11.8 Å². The highest BCUT2D eigenvalue weighted by Gasteiger charge is 2.09. The summed E-state index contributed by atoms with van der Waals surface area (Å²) in [5.41, 5.74) is 0.227. The molecular weight excluding hydrogens is 275 g/mol. The first-order chi connectivity index (χ1) is 10.1. The van der Waals surface area contributed by atoms with Gasteiger partial charge in [0.15, 0.2) is 0 Å². The summed E-state index contributed by atoms with van der Waals surface area (Å²) < 4.78 is 24.4. The van der Waals surface area contributed by atoms with E-state index in [0.29, 0.717) is 12.4 Å². The molecule has 5 heteroatoms. The van der Waals surface area contributed by atoms with Gasteiger partial charge in [-0.1, -0.05) is 0 Å². The number of hydrogen-bond donors (Lipinski definition) is 1. The minimum atomic E-state index is -1.10. The Morgan fingerprint density at radius 3 is 2.29 bits per heavy atom. The first kappa shape index (κ1) is 14.8. The largest absolute Gasteiger partial charge is 0.494 e. The van der Waals surface area contributed by atoms with Gasteiger partial charge in [0.05, 0.1) is 12.2 Å². The van der Waals surface area contributed by atoms with E-state index in [9.17, 15) is 9.18 Å². The van der Waals surface area contributed by atoms with Gasteiger partial charge >= 0.3 is 5.97 Å². The Kier molecular flexibility index (Phi) is 4.77. The monoisotopic (exact) mass is 290 g/mol. The van der Waals surface area contributed by atoms with Gasteiger partial charge in [0.25, 0.3) is 0 Å². The van der Waals surface area contributed by atoms with Crippen LogP contribution in [0.2, 0.25) is 0 Å². The normalized spacial score (nSPS) is 10.2. The zero-order valence-corrected chi connectivity index (χ0v) is 11.5. The molecule has 0 unspecified atom stereocenters. The second-order valence-corrected chi connectivity index (χ2v) is 4.30. The summed E-state index contributed by atoms with van der Waals surface area (Å²) >= 11 is 0. The third-order valence-corrected chi connectivity index (χ3v) is 2.82. The molecule has 0 aliphatic carbocycles. The molecule has 0 amide bonds. The molecule has 0 saturated carbocycles. The third-order valence-electron chi connectivity index (χ3n) is 2.82. The molecule has 2 aromatic carbocycles. The summed E-state index contributed by atoms with van der Waals surface area (Å²) in [5, 5.41) is 8.89. The molecule has 2 aromatic rings. The Morgan fingerprint density at radius 2 is 1.71 bits per heavy atom. The lowest BCUT2D eigenvalue weighted by atomic mass is 10.1. The van der Waals surface area contributed by atoms with E-state index in [-0.39, 0.29) is 17.7 Å². The summed E-state index contributed by atoms with van der Waals surface area (Å²) in [7, 11) is 0. The van der Waals surface area contributed by atoms with E-state index in [2.05, 4.69) is 0 Å². The van der Waals surface area contributed by atoms with Crippen LogP contribution < -0.4 is 9.47 Å². The van der Waals surface area contributed by atoms with Gasteiger partial charge in [-0.25, -0.2) is 9.18 Å². The van der Waals surface area contributed by atoms with Crippen LogP contribution in [0.5, 0.6) is 11.5 Å². The number of carbonyl (C=O) groups is 1. The Morgan fingerprint density at radius 1 is 1.10 bits per heavy atom. The predicted molar refractivity (Wildman–Crippen MR) is 75.3 cm³/mol. The maximum atomic E-state index is 13.6. The molecule has 0 atom stereocenters. The number of hydrogen-bond acceptors (Lipinski definition) is 3. The van der Waals surface area contributed by atoms with Gasteiger partial charge in [-0.05, 0) is 49.4 Å². The van der Waals surface area contributed by atoms with Crippen LogP contribution >= 0.6 is 0 Å². The Labute approximate surface area is 121 Å². The number of carboxylic acid groups (broad SMARTS) is 1. The lowest BCUT2D eigenvalue weighted by Crippen LogP contribution is -2.03. The van der Waals surface area contributed by atoms with Crippen LogP contribution in [0.1, 0.15) is 22.8 Å². The quantitative estimate of drug-likeness (QED) is 0.884. The SMILES string of the molecule is CCOc1ccc(OCc2cc(C(=O)O)ccc2F)cc1. The molecule has 0 bridgehead atoms. The molecule has 110 valence electrons. The van der Waals surface area contributed by atoms with Crippen LogP contribution in [0.3, 0.4) is 0 Å². The number of halogens is 1. The summed E-state index contributed by atoms with van der Waals surface area (Å²) in [6.07, 6.45) is 0. The van der Waals surface area contributed by atoms with Crippen LogP contribution in [0.25, 0.3) is 0 Å². The number of carboxylic acids is 1. The standard InChI is InChI=1S/C16H15FO4/c1-2-20-13-4-6-14(7-5-13)21-10-12-9-11(16(18)19)3-8-15(12)17/h3-9H,2,10H2,1H3,(H,18,19). The van der Waals surface area contributed by atoms with Crippen LogP contribution in [0, 0.1) is 5.82 Å². The fourth-order valence-electron chi connectivity index (χ4n) is 1.78. The van der Waals surface area contributed by atoms with E-state index in [1.54, 1.807) is 24.3 Å². The lowest BCUT2D eigenvalue weighted by Gasteiger charge is -2.09. The predicted octanol–water partition coefficient (Wildman–Crippen LogP) is 3.50. The van der Waals surface area contributed by atoms with E-state index in [1.165, 1.54) is 12.1 Å². The second-order valence-electron chi connectivity index (χ2n) is 4.30. The van der Waals surface area contributed by atoms with E-state index in [4.69, 9.17) is 14.6 Å². The summed E-state index contributed by atoms with van der Waals surface area (Å²) in [4.78, 5) is 10.9. The van der Waals surface area contributed by atoms with Gasteiger partial charge in [0.2, 0.25) is 0 Å². The molecular formula is C16H15FO4.